The molecule has 3 heterocycles. The molecule has 5 nitrogen and oxygen atoms in total. The second kappa shape index (κ2) is 7.68. The first-order valence-corrected chi connectivity index (χ1v) is 10.2. The molecule has 0 radical (unpaired) electrons. The highest BCUT2D eigenvalue weighted by Gasteiger charge is 2.42. The molecule has 140 valence electrons. The van der Waals surface area contributed by atoms with Gasteiger partial charge in [0.1, 0.15) is 0 Å². The molecule has 3 aliphatic heterocycles. The van der Waals surface area contributed by atoms with Gasteiger partial charge in [-0.05, 0) is 63.5 Å². The van der Waals surface area contributed by atoms with Gasteiger partial charge in [0.2, 0.25) is 0 Å². The van der Waals surface area contributed by atoms with Gasteiger partial charge in [-0.3, -0.25) is 4.79 Å². The van der Waals surface area contributed by atoms with Crippen molar-refractivity contribution in [1.29, 1.82) is 0 Å². The van der Waals surface area contributed by atoms with Crippen molar-refractivity contribution in [3.63, 3.8) is 0 Å². The Morgan fingerprint density at radius 2 is 1.54 bits per heavy atom. The summed E-state index contributed by atoms with van der Waals surface area (Å²) in [6.07, 6.45) is 8.59. The summed E-state index contributed by atoms with van der Waals surface area (Å²) in [5.41, 5.74) is 0.712. The number of hydrogen-bond acceptors (Lipinski definition) is 2. The smallest absolute Gasteiger partial charge is 0.320 e. The Balaban J connectivity index is 1.41. The first-order chi connectivity index (χ1) is 12.7. The summed E-state index contributed by atoms with van der Waals surface area (Å²) in [7, 11) is 0. The molecule has 0 aromatic heterocycles. The van der Waals surface area contributed by atoms with Crippen LogP contribution in [-0.2, 0) is 0 Å². The number of urea groups is 1. The molecule has 3 fully saturated rings. The molecule has 3 aliphatic rings. The number of carbonyl (C=O) groups excluding carboxylic acids is 2. The fraction of sp³-hybridized carbons (Fsp3) is 0.619. The Kier molecular flexibility index (Phi) is 5.14. The van der Waals surface area contributed by atoms with E-state index in [4.69, 9.17) is 0 Å². The number of likely N-dealkylation sites (tertiary alicyclic amines) is 1. The molecular weight excluding hydrogens is 326 g/mol. The standard InChI is InChI=1S/C21H29N3O2/c25-20(16-8-3-1-4-9-16)22-17-14-18-10-7-11-19(15-17)24(18)21(26)23-12-5-2-6-13-23/h1,3-4,8-9,17-19H,2,5-7,10-15H2,(H,22,25)/t18-,19-/m0/s1. The second-order valence-electron chi connectivity index (χ2n) is 7.98. The van der Waals surface area contributed by atoms with Gasteiger partial charge < -0.3 is 15.1 Å². The zero-order valence-electron chi connectivity index (χ0n) is 15.4. The average Bonchev–Trinajstić information content (AvgIpc) is 2.68. The summed E-state index contributed by atoms with van der Waals surface area (Å²) in [5, 5.41) is 3.21. The van der Waals surface area contributed by atoms with Crippen LogP contribution in [0.3, 0.4) is 0 Å². The lowest BCUT2D eigenvalue weighted by Crippen LogP contribution is -2.61. The fourth-order valence-corrected chi connectivity index (χ4v) is 4.92. The maximum absolute atomic E-state index is 13.1. The highest BCUT2D eigenvalue weighted by molar-refractivity contribution is 5.94. The maximum Gasteiger partial charge on any atom is 0.320 e. The number of carbonyl (C=O) groups is 2. The predicted molar refractivity (Wildman–Crippen MR) is 101 cm³/mol. The number of piperidine rings is 3. The van der Waals surface area contributed by atoms with Gasteiger partial charge >= 0.3 is 6.03 Å². The largest absolute Gasteiger partial charge is 0.349 e. The summed E-state index contributed by atoms with van der Waals surface area (Å²) in [6.45, 7) is 1.81. The molecule has 5 heteroatoms. The highest BCUT2D eigenvalue weighted by Crippen LogP contribution is 2.35. The Morgan fingerprint density at radius 3 is 2.19 bits per heavy atom. The normalized spacial score (nSPS) is 28.5. The number of rotatable bonds is 2. The van der Waals surface area contributed by atoms with Crippen molar-refractivity contribution in [1.82, 2.24) is 15.1 Å². The zero-order valence-corrected chi connectivity index (χ0v) is 15.4. The number of nitrogens with zero attached hydrogens (tertiary/aromatic N) is 2. The summed E-state index contributed by atoms with van der Waals surface area (Å²) < 4.78 is 0. The molecule has 1 aromatic rings. The molecule has 3 amide bonds. The van der Waals surface area contributed by atoms with E-state index >= 15 is 0 Å². The van der Waals surface area contributed by atoms with Crippen LogP contribution in [0.25, 0.3) is 0 Å². The molecule has 3 saturated heterocycles. The van der Waals surface area contributed by atoms with Crippen molar-refractivity contribution in [3.05, 3.63) is 35.9 Å². The SMILES string of the molecule is O=C(NC1C[C@@H]2CCC[C@@H](C1)N2C(=O)N1CCCCC1)c1ccccc1. The van der Waals surface area contributed by atoms with E-state index in [2.05, 4.69) is 15.1 Å². The summed E-state index contributed by atoms with van der Waals surface area (Å²) >= 11 is 0. The van der Waals surface area contributed by atoms with Gasteiger partial charge in [0, 0.05) is 36.8 Å². The molecule has 0 spiro atoms. The minimum absolute atomic E-state index is 0.00415. The van der Waals surface area contributed by atoms with Gasteiger partial charge in [-0.1, -0.05) is 18.2 Å². The Labute approximate surface area is 155 Å². The third-order valence-corrected chi connectivity index (χ3v) is 6.19. The van der Waals surface area contributed by atoms with E-state index in [1.54, 1.807) is 0 Å². The maximum atomic E-state index is 13.1. The van der Waals surface area contributed by atoms with Gasteiger partial charge in [0.05, 0.1) is 0 Å². The van der Waals surface area contributed by atoms with Crippen LogP contribution in [0.2, 0.25) is 0 Å². The van der Waals surface area contributed by atoms with Crippen LogP contribution < -0.4 is 5.32 Å². The lowest BCUT2D eigenvalue weighted by atomic mass is 9.81. The van der Waals surface area contributed by atoms with Crippen molar-refractivity contribution < 1.29 is 9.59 Å². The number of fused-ring (bicyclic) bond motifs is 2. The third-order valence-electron chi connectivity index (χ3n) is 6.19. The van der Waals surface area contributed by atoms with E-state index in [9.17, 15) is 9.59 Å². The van der Waals surface area contributed by atoms with Crippen LogP contribution in [-0.4, -0.2) is 53.0 Å². The number of amides is 3. The molecule has 0 aliphatic carbocycles. The fourth-order valence-electron chi connectivity index (χ4n) is 4.92. The molecule has 0 unspecified atom stereocenters. The van der Waals surface area contributed by atoms with E-state index in [1.807, 2.05) is 30.3 Å². The van der Waals surface area contributed by atoms with Gasteiger partial charge in [-0.2, -0.15) is 0 Å². The van der Waals surface area contributed by atoms with Crippen molar-refractivity contribution in [2.24, 2.45) is 0 Å². The molecule has 4 rings (SSSR count). The Bertz CT molecular complexity index is 628. The quantitative estimate of drug-likeness (QED) is 0.884. The van der Waals surface area contributed by atoms with Gasteiger partial charge in [0.25, 0.3) is 5.91 Å². The Morgan fingerprint density at radius 1 is 0.885 bits per heavy atom. The first kappa shape index (κ1) is 17.4. The van der Waals surface area contributed by atoms with Gasteiger partial charge in [0.15, 0.2) is 0 Å². The summed E-state index contributed by atoms with van der Waals surface area (Å²) in [5.74, 6) is 0.00415. The molecule has 26 heavy (non-hydrogen) atoms. The highest BCUT2D eigenvalue weighted by atomic mass is 16.2. The van der Waals surface area contributed by atoms with E-state index in [1.165, 1.54) is 12.8 Å². The van der Waals surface area contributed by atoms with Crippen LogP contribution in [0, 0.1) is 0 Å². The van der Waals surface area contributed by atoms with E-state index in [0.29, 0.717) is 5.56 Å². The minimum atomic E-state index is 0.00415. The first-order valence-electron chi connectivity index (χ1n) is 10.2. The molecule has 0 saturated carbocycles. The average molecular weight is 355 g/mol. The molecule has 1 N–H and O–H groups in total. The van der Waals surface area contributed by atoms with Crippen LogP contribution in [0.15, 0.2) is 30.3 Å². The van der Waals surface area contributed by atoms with E-state index < -0.39 is 0 Å². The van der Waals surface area contributed by atoms with E-state index in [-0.39, 0.29) is 30.1 Å². The number of benzene rings is 1. The van der Waals surface area contributed by atoms with Crippen molar-refractivity contribution in [2.45, 2.75) is 69.5 Å². The predicted octanol–water partition coefficient (Wildman–Crippen LogP) is 3.41. The van der Waals surface area contributed by atoms with Crippen molar-refractivity contribution >= 4 is 11.9 Å². The zero-order chi connectivity index (χ0) is 17.9. The summed E-state index contributed by atoms with van der Waals surface area (Å²) in [6, 6.07) is 10.4. The molecule has 2 bridgehead atoms. The second-order valence-corrected chi connectivity index (χ2v) is 7.98. The summed E-state index contributed by atoms with van der Waals surface area (Å²) in [4.78, 5) is 29.8. The van der Waals surface area contributed by atoms with E-state index in [0.717, 1.165) is 51.6 Å². The minimum Gasteiger partial charge on any atom is -0.349 e. The lowest BCUT2D eigenvalue weighted by Gasteiger charge is -2.50. The van der Waals surface area contributed by atoms with Crippen LogP contribution in [0.1, 0.15) is 61.7 Å². The van der Waals surface area contributed by atoms with Gasteiger partial charge in [-0.25, -0.2) is 4.79 Å². The van der Waals surface area contributed by atoms with Crippen LogP contribution in [0.4, 0.5) is 4.79 Å². The molecular formula is C21H29N3O2. The van der Waals surface area contributed by atoms with Crippen LogP contribution >= 0.6 is 0 Å². The number of hydrogen-bond donors (Lipinski definition) is 1. The van der Waals surface area contributed by atoms with Crippen molar-refractivity contribution in [3.8, 4) is 0 Å². The lowest BCUT2D eigenvalue weighted by molar-refractivity contribution is 0.0340. The van der Waals surface area contributed by atoms with Gasteiger partial charge in [-0.15, -0.1) is 0 Å². The monoisotopic (exact) mass is 355 g/mol. The topological polar surface area (TPSA) is 52.7 Å². The Hall–Kier alpha value is -2.04. The third kappa shape index (κ3) is 3.57. The number of nitrogens with one attached hydrogen (secondary N) is 1. The molecule has 2 atom stereocenters. The van der Waals surface area contributed by atoms with Crippen LogP contribution in [0.5, 0.6) is 0 Å². The molecule has 1 aromatic carbocycles. The van der Waals surface area contributed by atoms with Crippen molar-refractivity contribution in [2.75, 3.05) is 13.1 Å².